The quantitative estimate of drug-likeness (QED) is 0.728. The smallest absolute Gasteiger partial charge is 0.297 e. The summed E-state index contributed by atoms with van der Waals surface area (Å²) < 4.78 is 1.43. The Balaban J connectivity index is 1.51. The number of nitrogens with one attached hydrogen (secondary N) is 1. The Labute approximate surface area is 167 Å². The van der Waals surface area contributed by atoms with Crippen LogP contribution in [0.3, 0.4) is 0 Å². The summed E-state index contributed by atoms with van der Waals surface area (Å²) in [5.74, 6) is 0. The second kappa shape index (κ2) is 7.79. The van der Waals surface area contributed by atoms with Gasteiger partial charge >= 0.3 is 11.7 Å². The number of hydrogen-bond acceptors (Lipinski definition) is 3. The number of benzene rings is 2. The number of hydrogen-bond donors (Lipinski definition) is 1. The molecule has 0 unspecified atom stereocenters. The minimum Gasteiger partial charge on any atom is -0.297 e. The van der Waals surface area contributed by atoms with Crippen molar-refractivity contribution < 1.29 is 4.79 Å². The lowest BCUT2D eigenvalue weighted by Gasteiger charge is -2.28. The number of carbonyl (C=O) groups excluding carboxylic acids is 1. The molecule has 0 aliphatic heterocycles. The Hall–Kier alpha value is -3.61. The molecule has 7 nitrogen and oxygen atoms in total. The van der Waals surface area contributed by atoms with Gasteiger partial charge in [0.1, 0.15) is 0 Å². The Morgan fingerprint density at radius 2 is 1.69 bits per heavy atom. The maximum atomic E-state index is 13.2. The van der Waals surface area contributed by atoms with E-state index in [9.17, 15) is 14.4 Å². The average Bonchev–Trinajstić information content (AvgIpc) is 3.56. The molecule has 0 radical (unpaired) electrons. The molecule has 1 fully saturated rings. The lowest BCUT2D eigenvalue weighted by atomic mass is 10.2. The molecule has 0 spiro atoms. The van der Waals surface area contributed by atoms with Crippen LogP contribution in [0.5, 0.6) is 0 Å². The van der Waals surface area contributed by atoms with Gasteiger partial charge in [-0.15, -0.1) is 0 Å². The lowest BCUT2D eigenvalue weighted by Crippen LogP contribution is -2.42. The molecule has 1 N–H and O–H groups in total. The van der Waals surface area contributed by atoms with E-state index in [-0.39, 0.29) is 12.1 Å². The molecule has 1 aliphatic carbocycles. The zero-order chi connectivity index (χ0) is 20.4. The highest BCUT2D eigenvalue weighted by Gasteiger charge is 2.35. The predicted molar refractivity (Wildman–Crippen MR) is 113 cm³/mol. The van der Waals surface area contributed by atoms with Crippen LogP contribution < -0.4 is 21.0 Å². The first-order valence-corrected chi connectivity index (χ1v) is 9.53. The maximum Gasteiger partial charge on any atom is 0.328 e. The van der Waals surface area contributed by atoms with Gasteiger partial charge in [0.2, 0.25) is 0 Å². The number of amides is 2. The van der Waals surface area contributed by atoms with Crippen molar-refractivity contribution in [2.75, 3.05) is 16.8 Å². The Morgan fingerprint density at radius 3 is 2.31 bits per heavy atom. The first-order chi connectivity index (χ1) is 14.0. The third-order valence-corrected chi connectivity index (χ3v) is 5.01. The molecule has 0 bridgehead atoms. The van der Waals surface area contributed by atoms with Crippen molar-refractivity contribution in [3.63, 3.8) is 0 Å². The second-order valence-corrected chi connectivity index (χ2v) is 7.18. The SMILES string of the molecule is CN(C(=O)N(c1ccccc1)C1CC1)c1ccc(Cn2ccc(=O)[nH]c2=O)cc1. The number of H-pyrrole nitrogens is 1. The summed E-state index contributed by atoms with van der Waals surface area (Å²) in [6.45, 7) is 0.339. The van der Waals surface area contributed by atoms with E-state index in [4.69, 9.17) is 0 Å². The van der Waals surface area contributed by atoms with Gasteiger partial charge in [-0.05, 0) is 42.7 Å². The summed E-state index contributed by atoms with van der Waals surface area (Å²) in [7, 11) is 1.77. The van der Waals surface area contributed by atoms with Gasteiger partial charge in [0, 0.05) is 36.7 Å². The fourth-order valence-electron chi connectivity index (χ4n) is 3.26. The number of rotatable bonds is 5. The van der Waals surface area contributed by atoms with Gasteiger partial charge in [0.25, 0.3) is 5.56 Å². The Kier molecular flexibility index (Phi) is 5.03. The Bertz CT molecular complexity index is 1120. The van der Waals surface area contributed by atoms with Crippen LogP contribution in [0.15, 0.2) is 76.4 Å². The van der Waals surface area contributed by atoms with Crippen molar-refractivity contribution in [2.45, 2.75) is 25.4 Å². The molecular formula is C22H22N4O3. The molecule has 2 aromatic carbocycles. The van der Waals surface area contributed by atoms with Gasteiger partial charge in [0.15, 0.2) is 0 Å². The van der Waals surface area contributed by atoms with E-state index in [1.807, 2.05) is 59.5 Å². The highest BCUT2D eigenvalue weighted by atomic mass is 16.2. The number of nitrogens with zero attached hydrogens (tertiary/aromatic N) is 3. The van der Waals surface area contributed by atoms with E-state index < -0.39 is 11.2 Å². The maximum absolute atomic E-state index is 13.2. The third kappa shape index (κ3) is 4.13. The van der Waals surface area contributed by atoms with Crippen molar-refractivity contribution in [2.24, 2.45) is 0 Å². The van der Waals surface area contributed by atoms with Crippen molar-refractivity contribution in [3.05, 3.63) is 93.3 Å². The van der Waals surface area contributed by atoms with E-state index in [2.05, 4.69) is 4.98 Å². The van der Waals surface area contributed by atoms with Crippen LogP contribution in [0.1, 0.15) is 18.4 Å². The molecule has 1 aliphatic rings. The van der Waals surface area contributed by atoms with Gasteiger partial charge < -0.3 is 0 Å². The molecule has 1 aromatic heterocycles. The van der Waals surface area contributed by atoms with Gasteiger partial charge in [-0.2, -0.15) is 0 Å². The molecule has 3 aromatic rings. The molecule has 148 valence electrons. The largest absolute Gasteiger partial charge is 0.328 e. The van der Waals surface area contributed by atoms with Crippen LogP contribution in [0.4, 0.5) is 16.2 Å². The van der Waals surface area contributed by atoms with Gasteiger partial charge in [0.05, 0.1) is 6.54 Å². The zero-order valence-corrected chi connectivity index (χ0v) is 16.1. The highest BCUT2D eigenvalue weighted by molar-refractivity contribution is 6.03. The Morgan fingerprint density at radius 1 is 1.00 bits per heavy atom. The molecule has 4 rings (SSSR count). The van der Waals surface area contributed by atoms with Crippen molar-refractivity contribution >= 4 is 17.4 Å². The average molecular weight is 390 g/mol. The topological polar surface area (TPSA) is 78.4 Å². The minimum absolute atomic E-state index is 0.0664. The van der Waals surface area contributed by atoms with Crippen LogP contribution in [-0.2, 0) is 6.54 Å². The molecule has 0 atom stereocenters. The zero-order valence-electron chi connectivity index (χ0n) is 16.1. The molecule has 7 heteroatoms. The van der Waals surface area contributed by atoms with E-state index >= 15 is 0 Å². The molecule has 2 amide bonds. The standard InChI is InChI=1S/C22H22N4O3/c1-24(22(29)26(19-11-12-19)18-5-3-2-4-6-18)17-9-7-16(8-10-17)15-25-14-13-20(27)23-21(25)28/h2-10,13-14,19H,11-12,15H2,1H3,(H,23,27,28). The first-order valence-electron chi connectivity index (χ1n) is 9.53. The number of anilines is 2. The fraction of sp³-hybridized carbons (Fsp3) is 0.227. The van der Waals surface area contributed by atoms with Gasteiger partial charge in [-0.1, -0.05) is 30.3 Å². The molecule has 1 saturated carbocycles. The highest BCUT2D eigenvalue weighted by Crippen LogP contribution is 2.33. The number of para-hydroxylation sites is 1. The molecule has 0 saturated heterocycles. The van der Waals surface area contributed by atoms with E-state index in [0.717, 1.165) is 29.8 Å². The number of carbonyl (C=O) groups is 1. The molecular weight excluding hydrogens is 368 g/mol. The van der Waals surface area contributed by atoms with Crippen LogP contribution in [0.25, 0.3) is 0 Å². The van der Waals surface area contributed by atoms with E-state index in [0.29, 0.717) is 6.54 Å². The van der Waals surface area contributed by atoms with Crippen molar-refractivity contribution in [1.29, 1.82) is 0 Å². The summed E-state index contributed by atoms with van der Waals surface area (Å²) in [5.41, 5.74) is 1.71. The van der Waals surface area contributed by atoms with Crippen molar-refractivity contribution in [3.8, 4) is 0 Å². The predicted octanol–water partition coefficient (Wildman–Crippen LogP) is 2.81. The normalized spacial score (nSPS) is 13.1. The summed E-state index contributed by atoms with van der Waals surface area (Å²) in [6.07, 6.45) is 3.50. The van der Waals surface area contributed by atoms with E-state index in [1.54, 1.807) is 11.9 Å². The van der Waals surface area contributed by atoms with Crippen LogP contribution >= 0.6 is 0 Å². The molecule has 1 heterocycles. The van der Waals surface area contributed by atoms with Gasteiger partial charge in [-0.25, -0.2) is 9.59 Å². The minimum atomic E-state index is -0.447. The van der Waals surface area contributed by atoms with Crippen LogP contribution in [-0.4, -0.2) is 28.7 Å². The summed E-state index contributed by atoms with van der Waals surface area (Å²) in [6, 6.07) is 18.7. The number of urea groups is 1. The monoisotopic (exact) mass is 390 g/mol. The van der Waals surface area contributed by atoms with Gasteiger partial charge in [-0.3, -0.25) is 24.1 Å². The first kappa shape index (κ1) is 18.7. The summed E-state index contributed by atoms with van der Waals surface area (Å²) in [4.78, 5) is 41.9. The number of aromatic amines is 1. The summed E-state index contributed by atoms with van der Waals surface area (Å²) >= 11 is 0. The fourth-order valence-corrected chi connectivity index (χ4v) is 3.26. The number of aromatic nitrogens is 2. The van der Waals surface area contributed by atoms with E-state index in [1.165, 1.54) is 16.8 Å². The van der Waals surface area contributed by atoms with Crippen molar-refractivity contribution in [1.82, 2.24) is 9.55 Å². The van der Waals surface area contributed by atoms with Crippen LogP contribution in [0, 0.1) is 0 Å². The van der Waals surface area contributed by atoms with Crippen LogP contribution in [0.2, 0.25) is 0 Å². The summed E-state index contributed by atoms with van der Waals surface area (Å²) in [5, 5.41) is 0. The lowest BCUT2D eigenvalue weighted by molar-refractivity contribution is 0.252. The second-order valence-electron chi connectivity index (χ2n) is 7.18. The molecule has 29 heavy (non-hydrogen) atoms. The third-order valence-electron chi connectivity index (χ3n) is 5.01.